The summed E-state index contributed by atoms with van der Waals surface area (Å²) < 4.78 is 0. The van der Waals surface area contributed by atoms with Gasteiger partial charge in [0.15, 0.2) is 0 Å². The van der Waals surface area contributed by atoms with E-state index in [0.29, 0.717) is 11.8 Å². The largest absolute Gasteiger partial charge is 0.309 e. The van der Waals surface area contributed by atoms with E-state index in [2.05, 4.69) is 47.4 Å². The summed E-state index contributed by atoms with van der Waals surface area (Å²) in [6.07, 6.45) is 5.18. The smallest absolute Gasteiger partial charge is 0.237 e. The molecule has 0 spiro atoms. The van der Waals surface area contributed by atoms with Crippen LogP contribution in [0.2, 0.25) is 0 Å². The quantitative estimate of drug-likeness (QED) is 0.735. The number of nitrogens with zero attached hydrogens (tertiary/aromatic N) is 2. The van der Waals surface area contributed by atoms with Crippen molar-refractivity contribution in [2.24, 2.45) is 0 Å². The van der Waals surface area contributed by atoms with Gasteiger partial charge in [-0.3, -0.25) is 4.79 Å². The van der Waals surface area contributed by atoms with Crippen molar-refractivity contribution in [1.29, 1.82) is 0 Å². The third kappa shape index (κ3) is 5.12. The Morgan fingerprint density at radius 3 is 2.27 bits per heavy atom. The fraction of sp³-hybridized carbons (Fsp3) is 0.409. The first-order valence-electron chi connectivity index (χ1n) is 9.40. The molecule has 2 aromatic carbocycles. The topological polar surface area (TPSA) is 23.6 Å². The number of rotatable bonds is 7. The molecular formula is C22H28N2OS. The van der Waals surface area contributed by atoms with Crippen molar-refractivity contribution >= 4 is 23.4 Å². The summed E-state index contributed by atoms with van der Waals surface area (Å²) in [7, 11) is 0. The molecule has 0 aliphatic carbocycles. The fourth-order valence-electron chi connectivity index (χ4n) is 3.67. The van der Waals surface area contributed by atoms with Crippen LogP contribution < -0.4 is 4.90 Å². The third-order valence-corrected chi connectivity index (χ3v) is 5.59. The van der Waals surface area contributed by atoms with E-state index < -0.39 is 0 Å². The first-order valence-corrected chi connectivity index (χ1v) is 10.8. The van der Waals surface area contributed by atoms with Crippen molar-refractivity contribution in [3.63, 3.8) is 0 Å². The zero-order chi connectivity index (χ0) is 18.2. The number of benzene rings is 2. The maximum atomic E-state index is 12.7. The van der Waals surface area contributed by atoms with Crippen LogP contribution in [0.1, 0.15) is 18.4 Å². The standard InChI is InChI=1S/C22H28N2OS/c1-26-18-22(25)24(20-10-6-3-7-11-20)21-13-16-23(17-14-21)15-12-19-8-4-2-5-9-19/h2-11,21H,12-18H2,1H3. The third-order valence-electron chi connectivity index (χ3n) is 5.05. The summed E-state index contributed by atoms with van der Waals surface area (Å²) in [6.45, 7) is 3.22. The Bertz CT molecular complexity index is 669. The van der Waals surface area contributed by atoms with Gasteiger partial charge in [0.25, 0.3) is 0 Å². The lowest BCUT2D eigenvalue weighted by atomic mass is 10.0. The molecule has 1 fully saturated rings. The lowest BCUT2D eigenvalue weighted by Gasteiger charge is -2.38. The second kappa shape index (κ2) is 9.79. The molecule has 1 aliphatic rings. The predicted molar refractivity (Wildman–Crippen MR) is 112 cm³/mol. The SMILES string of the molecule is CSCC(=O)N(c1ccccc1)C1CCN(CCc2ccccc2)CC1. The average Bonchev–Trinajstić information content (AvgIpc) is 2.69. The molecule has 0 bridgehead atoms. The van der Waals surface area contributed by atoms with E-state index in [1.807, 2.05) is 29.4 Å². The predicted octanol–water partition coefficient (Wildman–Crippen LogP) is 4.09. The molecule has 138 valence electrons. The average molecular weight is 369 g/mol. The number of para-hydroxylation sites is 1. The van der Waals surface area contributed by atoms with E-state index in [1.54, 1.807) is 11.8 Å². The van der Waals surface area contributed by atoms with Gasteiger partial charge in [0.2, 0.25) is 5.91 Å². The molecule has 0 atom stereocenters. The van der Waals surface area contributed by atoms with E-state index >= 15 is 0 Å². The zero-order valence-electron chi connectivity index (χ0n) is 15.5. The Morgan fingerprint density at radius 1 is 1.04 bits per heavy atom. The highest BCUT2D eigenvalue weighted by Gasteiger charge is 2.28. The Balaban J connectivity index is 1.58. The van der Waals surface area contributed by atoms with E-state index in [0.717, 1.165) is 44.6 Å². The van der Waals surface area contributed by atoms with Gasteiger partial charge >= 0.3 is 0 Å². The molecule has 0 aromatic heterocycles. The summed E-state index contributed by atoms with van der Waals surface area (Å²) in [6, 6.07) is 21.1. The molecule has 0 unspecified atom stereocenters. The molecule has 4 heteroatoms. The van der Waals surface area contributed by atoms with Crippen LogP contribution in [-0.4, -0.2) is 48.5 Å². The van der Waals surface area contributed by atoms with Gasteiger partial charge in [-0.2, -0.15) is 11.8 Å². The van der Waals surface area contributed by atoms with Crippen molar-refractivity contribution < 1.29 is 4.79 Å². The summed E-state index contributed by atoms with van der Waals surface area (Å²) in [5.74, 6) is 0.773. The Kier molecular flexibility index (Phi) is 7.15. The van der Waals surface area contributed by atoms with Gasteiger partial charge in [-0.25, -0.2) is 0 Å². The number of likely N-dealkylation sites (tertiary alicyclic amines) is 1. The molecule has 3 nitrogen and oxygen atoms in total. The summed E-state index contributed by atoms with van der Waals surface area (Å²) in [5.41, 5.74) is 2.44. The normalized spacial score (nSPS) is 15.7. The number of anilines is 1. The van der Waals surface area contributed by atoms with Crippen LogP contribution >= 0.6 is 11.8 Å². The molecule has 2 aromatic rings. The Morgan fingerprint density at radius 2 is 1.65 bits per heavy atom. The van der Waals surface area contributed by atoms with Crippen molar-refractivity contribution in [3.05, 3.63) is 66.2 Å². The molecule has 0 saturated carbocycles. The maximum Gasteiger partial charge on any atom is 0.237 e. The second-order valence-corrected chi connectivity index (χ2v) is 7.71. The van der Waals surface area contributed by atoms with Crippen molar-refractivity contribution in [2.75, 3.05) is 36.5 Å². The number of amides is 1. The lowest BCUT2D eigenvalue weighted by Crippen LogP contribution is -2.48. The molecule has 3 rings (SSSR count). The number of carbonyl (C=O) groups is 1. The van der Waals surface area contributed by atoms with Crippen molar-refractivity contribution in [2.45, 2.75) is 25.3 Å². The molecule has 1 saturated heterocycles. The number of piperidine rings is 1. The second-order valence-electron chi connectivity index (χ2n) is 6.84. The minimum absolute atomic E-state index is 0.228. The van der Waals surface area contributed by atoms with Gasteiger partial charge in [0.05, 0.1) is 5.75 Å². The first-order chi connectivity index (χ1) is 12.8. The highest BCUT2D eigenvalue weighted by molar-refractivity contribution is 7.99. The first kappa shape index (κ1) is 19.0. The van der Waals surface area contributed by atoms with Crippen molar-refractivity contribution in [1.82, 2.24) is 4.90 Å². The van der Waals surface area contributed by atoms with Gasteiger partial charge in [0.1, 0.15) is 0 Å². The number of hydrogen-bond acceptors (Lipinski definition) is 3. The van der Waals surface area contributed by atoms with Gasteiger partial charge < -0.3 is 9.80 Å². The molecule has 1 amide bonds. The van der Waals surface area contributed by atoms with E-state index in [1.165, 1.54) is 5.56 Å². The summed E-state index contributed by atoms with van der Waals surface area (Å²) >= 11 is 1.60. The van der Waals surface area contributed by atoms with Gasteiger partial charge in [-0.15, -0.1) is 0 Å². The number of hydrogen-bond donors (Lipinski definition) is 0. The van der Waals surface area contributed by atoms with Crippen molar-refractivity contribution in [3.8, 4) is 0 Å². The number of carbonyl (C=O) groups excluding carboxylic acids is 1. The Labute approximate surface area is 161 Å². The van der Waals surface area contributed by atoms with Gasteiger partial charge in [0, 0.05) is 31.4 Å². The number of thioether (sulfide) groups is 1. The minimum Gasteiger partial charge on any atom is -0.309 e. The van der Waals surface area contributed by atoms with Crippen LogP contribution in [0.15, 0.2) is 60.7 Å². The van der Waals surface area contributed by atoms with Crippen LogP contribution in [0.25, 0.3) is 0 Å². The molecular weight excluding hydrogens is 340 g/mol. The highest BCUT2D eigenvalue weighted by Crippen LogP contribution is 2.24. The van der Waals surface area contributed by atoms with Gasteiger partial charge in [-0.1, -0.05) is 48.5 Å². The van der Waals surface area contributed by atoms with E-state index in [-0.39, 0.29) is 5.91 Å². The lowest BCUT2D eigenvalue weighted by molar-refractivity contribution is -0.116. The zero-order valence-corrected chi connectivity index (χ0v) is 16.3. The van der Waals surface area contributed by atoms with Crippen LogP contribution in [0.5, 0.6) is 0 Å². The van der Waals surface area contributed by atoms with E-state index in [9.17, 15) is 4.79 Å². The molecule has 0 N–H and O–H groups in total. The Hall–Kier alpha value is -1.78. The summed E-state index contributed by atoms with van der Waals surface area (Å²) in [4.78, 5) is 17.3. The molecule has 0 radical (unpaired) electrons. The van der Waals surface area contributed by atoms with Gasteiger partial charge in [-0.05, 0) is 43.2 Å². The summed E-state index contributed by atoms with van der Waals surface area (Å²) in [5, 5.41) is 0. The fourth-order valence-corrected chi connectivity index (χ4v) is 4.06. The molecule has 1 heterocycles. The molecule has 26 heavy (non-hydrogen) atoms. The van der Waals surface area contributed by atoms with E-state index in [4.69, 9.17) is 0 Å². The minimum atomic E-state index is 0.228. The van der Waals surface area contributed by atoms with Crippen LogP contribution in [0.4, 0.5) is 5.69 Å². The van der Waals surface area contributed by atoms with Crippen LogP contribution in [0.3, 0.4) is 0 Å². The maximum absolute atomic E-state index is 12.7. The highest BCUT2D eigenvalue weighted by atomic mass is 32.2. The van der Waals surface area contributed by atoms with Crippen LogP contribution in [-0.2, 0) is 11.2 Å². The monoisotopic (exact) mass is 368 g/mol. The van der Waals surface area contributed by atoms with Crippen LogP contribution in [0, 0.1) is 0 Å². The molecule has 1 aliphatic heterocycles.